The lowest BCUT2D eigenvalue weighted by atomic mass is 10.2. The van der Waals surface area contributed by atoms with Crippen LogP contribution in [-0.4, -0.2) is 9.97 Å². The molecule has 4 heteroatoms. The summed E-state index contributed by atoms with van der Waals surface area (Å²) in [6, 6.07) is 2.11. The maximum atomic E-state index is 4.35. The molecule has 0 saturated heterocycles. The van der Waals surface area contributed by atoms with Crippen LogP contribution < -0.4 is 0 Å². The zero-order valence-electron chi connectivity index (χ0n) is 7.18. The molecule has 0 atom stereocenters. The normalized spacial score (nSPS) is 10.9. The third kappa shape index (κ3) is 1.15. The van der Waals surface area contributed by atoms with E-state index in [1.54, 1.807) is 35.1 Å². The Morgan fingerprint density at radius 1 is 1.07 bits per heavy atom. The maximum absolute atomic E-state index is 4.35. The van der Waals surface area contributed by atoms with Crippen molar-refractivity contribution in [3.63, 3.8) is 0 Å². The van der Waals surface area contributed by atoms with Crippen LogP contribution in [0.2, 0.25) is 0 Å². The lowest BCUT2D eigenvalue weighted by molar-refractivity contribution is 1.32. The van der Waals surface area contributed by atoms with Gasteiger partial charge in [0.05, 0.1) is 0 Å². The second-order valence-electron chi connectivity index (χ2n) is 2.87. The number of hydrogen-bond acceptors (Lipinski definition) is 4. The van der Waals surface area contributed by atoms with Crippen molar-refractivity contribution in [2.75, 3.05) is 0 Å². The number of thiophene rings is 2. The summed E-state index contributed by atoms with van der Waals surface area (Å²) in [5.74, 6) is 0. The molecule has 0 amide bonds. The van der Waals surface area contributed by atoms with Crippen molar-refractivity contribution >= 4 is 33.0 Å². The predicted octanol–water partition coefficient (Wildman–Crippen LogP) is 3.42. The van der Waals surface area contributed by atoms with Crippen LogP contribution in [0.5, 0.6) is 0 Å². The number of nitrogens with zero attached hydrogens (tertiary/aromatic N) is 2. The summed E-state index contributed by atoms with van der Waals surface area (Å²) in [5.41, 5.74) is 3.44. The van der Waals surface area contributed by atoms with E-state index in [9.17, 15) is 0 Å². The Labute approximate surface area is 88.9 Å². The Morgan fingerprint density at radius 3 is 2.86 bits per heavy atom. The van der Waals surface area contributed by atoms with Gasteiger partial charge in [-0.05, 0) is 22.4 Å². The SMILES string of the molecule is c1cnc2c(-c3ccsc3)csc2n1. The van der Waals surface area contributed by atoms with E-state index in [1.165, 1.54) is 11.1 Å². The summed E-state index contributed by atoms with van der Waals surface area (Å²) >= 11 is 3.35. The molecule has 0 bridgehead atoms. The lowest BCUT2D eigenvalue weighted by Gasteiger charge is -1.92. The molecule has 0 aliphatic carbocycles. The van der Waals surface area contributed by atoms with E-state index >= 15 is 0 Å². The van der Waals surface area contributed by atoms with Gasteiger partial charge in [0.25, 0.3) is 0 Å². The minimum atomic E-state index is 1.01. The first-order valence-corrected chi connectivity index (χ1v) is 5.98. The van der Waals surface area contributed by atoms with Gasteiger partial charge in [0.2, 0.25) is 0 Å². The number of fused-ring (bicyclic) bond motifs is 1. The molecule has 3 rings (SSSR count). The smallest absolute Gasteiger partial charge is 0.142 e. The quantitative estimate of drug-likeness (QED) is 0.625. The Hall–Kier alpha value is -1.26. The van der Waals surface area contributed by atoms with Gasteiger partial charge in [0.1, 0.15) is 10.3 Å². The van der Waals surface area contributed by atoms with Crippen LogP contribution in [0.25, 0.3) is 21.5 Å². The van der Waals surface area contributed by atoms with Crippen LogP contribution >= 0.6 is 22.7 Å². The van der Waals surface area contributed by atoms with Crippen LogP contribution in [0, 0.1) is 0 Å². The van der Waals surface area contributed by atoms with Crippen molar-refractivity contribution in [3.05, 3.63) is 34.6 Å². The van der Waals surface area contributed by atoms with Crippen LogP contribution in [-0.2, 0) is 0 Å². The molecule has 0 radical (unpaired) electrons. The van der Waals surface area contributed by atoms with Gasteiger partial charge in [-0.1, -0.05) is 0 Å². The standard InChI is InChI=1S/C10H6N2S2/c1-4-13-5-7(1)8-6-14-10-9(8)11-2-3-12-10/h1-6H. The molecule has 0 fully saturated rings. The van der Waals surface area contributed by atoms with Crippen molar-refractivity contribution in [1.82, 2.24) is 9.97 Å². The monoisotopic (exact) mass is 218 g/mol. The van der Waals surface area contributed by atoms with Gasteiger partial charge in [-0.3, -0.25) is 4.98 Å². The van der Waals surface area contributed by atoms with Gasteiger partial charge >= 0.3 is 0 Å². The second-order valence-corrected chi connectivity index (χ2v) is 4.51. The topological polar surface area (TPSA) is 25.8 Å². The van der Waals surface area contributed by atoms with E-state index in [2.05, 4.69) is 32.2 Å². The summed E-state index contributed by atoms with van der Waals surface area (Å²) < 4.78 is 0. The zero-order chi connectivity index (χ0) is 9.38. The lowest BCUT2D eigenvalue weighted by Crippen LogP contribution is -1.77. The summed E-state index contributed by atoms with van der Waals surface area (Å²) in [7, 11) is 0. The maximum Gasteiger partial charge on any atom is 0.142 e. The first kappa shape index (κ1) is 8.08. The van der Waals surface area contributed by atoms with Gasteiger partial charge in [0.15, 0.2) is 0 Å². The van der Waals surface area contributed by atoms with Gasteiger partial charge in [-0.25, -0.2) is 4.98 Å². The third-order valence-corrected chi connectivity index (χ3v) is 3.60. The average molecular weight is 218 g/mol. The van der Waals surface area contributed by atoms with Crippen LogP contribution in [0.4, 0.5) is 0 Å². The fraction of sp³-hybridized carbons (Fsp3) is 0. The number of aromatic nitrogens is 2. The first-order valence-electron chi connectivity index (χ1n) is 4.16. The number of hydrogen-bond donors (Lipinski definition) is 0. The van der Waals surface area contributed by atoms with Gasteiger partial charge in [-0.15, -0.1) is 11.3 Å². The highest BCUT2D eigenvalue weighted by Crippen LogP contribution is 2.32. The molecule has 0 aliphatic heterocycles. The molecular weight excluding hydrogens is 212 g/mol. The van der Waals surface area contributed by atoms with Crippen molar-refractivity contribution in [1.29, 1.82) is 0 Å². The van der Waals surface area contributed by atoms with E-state index in [0.717, 1.165) is 10.3 Å². The first-order chi connectivity index (χ1) is 6.95. The molecule has 0 unspecified atom stereocenters. The van der Waals surface area contributed by atoms with Gasteiger partial charge in [0, 0.05) is 23.3 Å². The Bertz CT molecular complexity index is 554. The van der Waals surface area contributed by atoms with E-state index in [1.807, 2.05) is 0 Å². The van der Waals surface area contributed by atoms with Crippen molar-refractivity contribution < 1.29 is 0 Å². The molecule has 68 valence electrons. The molecule has 0 aliphatic rings. The van der Waals surface area contributed by atoms with E-state index in [-0.39, 0.29) is 0 Å². The van der Waals surface area contributed by atoms with Gasteiger partial charge in [-0.2, -0.15) is 11.3 Å². The van der Waals surface area contributed by atoms with E-state index < -0.39 is 0 Å². The molecule has 14 heavy (non-hydrogen) atoms. The molecule has 0 spiro atoms. The highest BCUT2D eigenvalue weighted by Gasteiger charge is 2.07. The highest BCUT2D eigenvalue weighted by molar-refractivity contribution is 7.17. The molecule has 0 N–H and O–H groups in total. The third-order valence-electron chi connectivity index (χ3n) is 2.04. The zero-order valence-corrected chi connectivity index (χ0v) is 8.81. The minimum Gasteiger partial charge on any atom is -0.251 e. The van der Waals surface area contributed by atoms with Crippen LogP contribution in [0.1, 0.15) is 0 Å². The Balaban J connectivity index is 2.33. The molecule has 0 aromatic carbocycles. The van der Waals surface area contributed by atoms with Crippen LogP contribution in [0.3, 0.4) is 0 Å². The van der Waals surface area contributed by atoms with Crippen molar-refractivity contribution in [2.24, 2.45) is 0 Å². The van der Waals surface area contributed by atoms with Crippen molar-refractivity contribution in [3.8, 4) is 11.1 Å². The summed E-state index contributed by atoms with van der Waals surface area (Å²) in [6.45, 7) is 0. The Kier molecular flexibility index (Phi) is 1.82. The molecule has 3 aromatic heterocycles. The largest absolute Gasteiger partial charge is 0.251 e. The summed E-state index contributed by atoms with van der Waals surface area (Å²) in [5, 5.41) is 6.33. The fourth-order valence-corrected chi connectivity index (χ4v) is 2.92. The summed E-state index contributed by atoms with van der Waals surface area (Å²) in [4.78, 5) is 9.63. The second kappa shape index (κ2) is 3.15. The molecular formula is C10H6N2S2. The fourth-order valence-electron chi connectivity index (χ4n) is 1.39. The Morgan fingerprint density at radius 2 is 2.00 bits per heavy atom. The molecule has 3 aromatic rings. The van der Waals surface area contributed by atoms with Crippen molar-refractivity contribution in [2.45, 2.75) is 0 Å². The highest BCUT2D eigenvalue weighted by atomic mass is 32.1. The van der Waals surface area contributed by atoms with E-state index in [4.69, 9.17) is 0 Å². The average Bonchev–Trinajstić information content (AvgIpc) is 2.85. The number of rotatable bonds is 1. The molecule has 0 saturated carbocycles. The van der Waals surface area contributed by atoms with E-state index in [0.29, 0.717) is 0 Å². The molecule has 2 nitrogen and oxygen atoms in total. The predicted molar refractivity (Wildman–Crippen MR) is 60.7 cm³/mol. The van der Waals surface area contributed by atoms with Gasteiger partial charge < -0.3 is 0 Å². The molecule has 3 heterocycles. The van der Waals surface area contributed by atoms with Crippen LogP contribution in [0.15, 0.2) is 34.6 Å². The minimum absolute atomic E-state index is 1.01. The summed E-state index contributed by atoms with van der Waals surface area (Å²) in [6.07, 6.45) is 3.47.